The molecule has 5 heteroatoms. The van der Waals surface area contributed by atoms with Crippen molar-refractivity contribution in [3.63, 3.8) is 0 Å². The Bertz CT molecular complexity index is 554. The van der Waals surface area contributed by atoms with Gasteiger partial charge in [-0.05, 0) is 29.6 Å². The van der Waals surface area contributed by atoms with Crippen LogP contribution in [0.15, 0.2) is 35.7 Å². The van der Waals surface area contributed by atoms with Crippen LogP contribution in [-0.2, 0) is 6.54 Å². The first-order chi connectivity index (χ1) is 8.58. The first-order valence-electron chi connectivity index (χ1n) is 5.41. The Hall–Kier alpha value is -1.88. The van der Waals surface area contributed by atoms with Crippen LogP contribution >= 0.6 is 11.3 Å². The molecule has 0 aliphatic carbocycles. The number of carbonyl (C=O) groups excluding carboxylic acids is 1. The second-order valence-electron chi connectivity index (χ2n) is 3.98. The number of hydrogen-bond acceptors (Lipinski definition) is 3. The van der Waals surface area contributed by atoms with E-state index in [0.717, 1.165) is 4.88 Å². The Morgan fingerprint density at radius 3 is 2.89 bits per heavy atom. The number of nitrogens with two attached hydrogens (primary N) is 1. The van der Waals surface area contributed by atoms with Crippen LogP contribution in [0.4, 0.5) is 10.1 Å². The first kappa shape index (κ1) is 12.6. The molecule has 0 unspecified atom stereocenters. The Morgan fingerprint density at radius 2 is 2.22 bits per heavy atom. The van der Waals surface area contributed by atoms with E-state index in [9.17, 15) is 9.18 Å². The summed E-state index contributed by atoms with van der Waals surface area (Å²) in [6.45, 7) is 0.463. The Labute approximate surface area is 109 Å². The lowest BCUT2D eigenvalue weighted by molar-refractivity contribution is 0.0782. The predicted molar refractivity (Wildman–Crippen MR) is 70.9 cm³/mol. The normalized spacial score (nSPS) is 10.3. The number of thiophene rings is 1. The van der Waals surface area contributed by atoms with Gasteiger partial charge in [-0.3, -0.25) is 4.79 Å². The number of nitrogens with zero attached hydrogens (tertiary/aromatic N) is 1. The number of halogens is 1. The zero-order valence-corrected chi connectivity index (χ0v) is 10.7. The molecule has 1 heterocycles. The lowest BCUT2D eigenvalue weighted by Gasteiger charge is -2.16. The van der Waals surface area contributed by atoms with Crippen molar-refractivity contribution >= 4 is 22.9 Å². The second-order valence-corrected chi connectivity index (χ2v) is 5.01. The highest BCUT2D eigenvalue weighted by Gasteiger charge is 2.16. The maximum absolute atomic E-state index is 13.6. The summed E-state index contributed by atoms with van der Waals surface area (Å²) in [6, 6.07) is 7.86. The lowest BCUT2D eigenvalue weighted by atomic mass is 10.1. The quantitative estimate of drug-likeness (QED) is 0.866. The van der Waals surface area contributed by atoms with E-state index in [1.54, 1.807) is 18.4 Å². The fraction of sp³-hybridized carbons (Fsp3) is 0.154. The number of anilines is 1. The number of hydrogen-bond donors (Lipinski definition) is 1. The molecular formula is C13H13FN2OS. The van der Waals surface area contributed by atoms with Crippen LogP contribution in [0.5, 0.6) is 0 Å². The summed E-state index contributed by atoms with van der Waals surface area (Å²) in [7, 11) is 1.64. The van der Waals surface area contributed by atoms with E-state index in [1.165, 1.54) is 23.1 Å². The third-order valence-electron chi connectivity index (χ3n) is 2.54. The maximum Gasteiger partial charge on any atom is 0.256 e. The number of nitrogen functional groups attached to an aromatic ring is 1. The Morgan fingerprint density at radius 1 is 1.44 bits per heavy atom. The van der Waals surface area contributed by atoms with Gasteiger partial charge < -0.3 is 10.6 Å². The van der Waals surface area contributed by atoms with Crippen molar-refractivity contribution in [3.05, 3.63) is 52.0 Å². The Balaban J connectivity index is 2.17. The van der Waals surface area contributed by atoms with E-state index in [-0.39, 0.29) is 11.5 Å². The predicted octanol–water partition coefficient (Wildman–Crippen LogP) is 2.74. The summed E-state index contributed by atoms with van der Waals surface area (Å²) in [5.41, 5.74) is 5.95. The molecule has 0 aliphatic heterocycles. The monoisotopic (exact) mass is 264 g/mol. The third kappa shape index (κ3) is 2.68. The molecule has 2 aromatic rings. The van der Waals surface area contributed by atoms with E-state index >= 15 is 0 Å². The minimum absolute atomic E-state index is 0.00839. The number of benzene rings is 1. The Kier molecular flexibility index (Phi) is 3.62. The average Bonchev–Trinajstić information content (AvgIpc) is 2.84. The summed E-state index contributed by atoms with van der Waals surface area (Å²) in [6.07, 6.45) is 0. The molecule has 3 nitrogen and oxygen atoms in total. The minimum atomic E-state index is -0.549. The van der Waals surface area contributed by atoms with Crippen LogP contribution in [0.3, 0.4) is 0 Å². The van der Waals surface area contributed by atoms with Gasteiger partial charge in [0.05, 0.1) is 12.1 Å². The topological polar surface area (TPSA) is 46.3 Å². The minimum Gasteiger partial charge on any atom is -0.399 e. The van der Waals surface area contributed by atoms with E-state index in [1.807, 2.05) is 17.5 Å². The summed E-state index contributed by atoms with van der Waals surface area (Å²) >= 11 is 1.56. The van der Waals surface area contributed by atoms with Crippen LogP contribution in [0.25, 0.3) is 0 Å². The summed E-state index contributed by atoms with van der Waals surface area (Å²) < 4.78 is 13.6. The fourth-order valence-corrected chi connectivity index (χ4v) is 2.38. The molecule has 0 aliphatic rings. The third-order valence-corrected chi connectivity index (χ3v) is 3.40. The molecule has 1 amide bonds. The van der Waals surface area contributed by atoms with Crippen LogP contribution in [-0.4, -0.2) is 17.9 Å². The van der Waals surface area contributed by atoms with Crippen molar-refractivity contribution in [3.8, 4) is 0 Å². The number of rotatable bonds is 3. The van der Waals surface area contributed by atoms with Crippen molar-refractivity contribution in [1.82, 2.24) is 4.90 Å². The van der Waals surface area contributed by atoms with Crippen molar-refractivity contribution in [1.29, 1.82) is 0 Å². The van der Waals surface area contributed by atoms with E-state index in [2.05, 4.69) is 0 Å². The summed E-state index contributed by atoms with van der Waals surface area (Å²) in [5.74, 6) is -0.916. The zero-order chi connectivity index (χ0) is 13.1. The molecule has 1 aromatic heterocycles. The van der Waals surface area contributed by atoms with E-state index in [0.29, 0.717) is 12.2 Å². The van der Waals surface area contributed by atoms with Crippen molar-refractivity contribution in [2.45, 2.75) is 6.54 Å². The highest BCUT2D eigenvalue weighted by Crippen LogP contribution is 2.16. The maximum atomic E-state index is 13.6. The van der Waals surface area contributed by atoms with Gasteiger partial charge in [-0.2, -0.15) is 0 Å². The SMILES string of the molecule is CN(Cc1cccs1)C(=O)c1cc(N)ccc1F. The molecule has 94 valence electrons. The van der Waals surface area contributed by atoms with Gasteiger partial charge in [-0.25, -0.2) is 4.39 Å². The van der Waals surface area contributed by atoms with Gasteiger partial charge in [0.15, 0.2) is 0 Å². The smallest absolute Gasteiger partial charge is 0.256 e. The first-order valence-corrected chi connectivity index (χ1v) is 6.29. The average molecular weight is 264 g/mol. The van der Waals surface area contributed by atoms with Crippen LogP contribution in [0.2, 0.25) is 0 Å². The molecule has 2 N–H and O–H groups in total. The summed E-state index contributed by atoms with van der Waals surface area (Å²) in [5, 5.41) is 1.94. The van der Waals surface area contributed by atoms with Gasteiger partial charge >= 0.3 is 0 Å². The van der Waals surface area contributed by atoms with Crippen LogP contribution in [0.1, 0.15) is 15.2 Å². The van der Waals surface area contributed by atoms with Gasteiger partial charge in [0.25, 0.3) is 5.91 Å². The molecule has 0 bridgehead atoms. The summed E-state index contributed by atoms with van der Waals surface area (Å²) in [4.78, 5) is 14.6. The molecule has 0 radical (unpaired) electrons. The molecule has 1 aromatic carbocycles. The van der Waals surface area contributed by atoms with Gasteiger partial charge in [-0.1, -0.05) is 6.07 Å². The number of carbonyl (C=O) groups is 1. The van der Waals surface area contributed by atoms with Crippen LogP contribution in [0, 0.1) is 5.82 Å². The molecule has 0 spiro atoms. The molecular weight excluding hydrogens is 251 g/mol. The molecule has 2 rings (SSSR count). The van der Waals surface area contributed by atoms with Gasteiger partial charge in [0, 0.05) is 17.6 Å². The highest BCUT2D eigenvalue weighted by atomic mass is 32.1. The second kappa shape index (κ2) is 5.18. The van der Waals surface area contributed by atoms with Crippen molar-refractivity contribution in [2.24, 2.45) is 0 Å². The molecule has 18 heavy (non-hydrogen) atoms. The lowest BCUT2D eigenvalue weighted by Crippen LogP contribution is -2.26. The number of amides is 1. The molecule has 0 saturated heterocycles. The van der Waals surface area contributed by atoms with Gasteiger partial charge in [-0.15, -0.1) is 11.3 Å². The highest BCUT2D eigenvalue weighted by molar-refractivity contribution is 7.09. The van der Waals surface area contributed by atoms with E-state index in [4.69, 9.17) is 5.73 Å². The molecule has 0 atom stereocenters. The van der Waals surface area contributed by atoms with Gasteiger partial charge in [0.1, 0.15) is 5.82 Å². The zero-order valence-electron chi connectivity index (χ0n) is 9.89. The largest absolute Gasteiger partial charge is 0.399 e. The van der Waals surface area contributed by atoms with Crippen LogP contribution < -0.4 is 5.73 Å². The van der Waals surface area contributed by atoms with Crippen molar-refractivity contribution < 1.29 is 9.18 Å². The van der Waals surface area contributed by atoms with Crippen molar-refractivity contribution in [2.75, 3.05) is 12.8 Å². The standard InChI is InChI=1S/C13H13FN2OS/c1-16(8-10-3-2-6-18-10)13(17)11-7-9(15)4-5-12(11)14/h2-7H,8,15H2,1H3. The molecule has 0 saturated carbocycles. The van der Waals surface area contributed by atoms with Gasteiger partial charge in [0.2, 0.25) is 0 Å². The molecule has 0 fully saturated rings. The fourth-order valence-electron chi connectivity index (χ4n) is 1.62. The van der Waals surface area contributed by atoms with E-state index < -0.39 is 5.82 Å².